The summed E-state index contributed by atoms with van der Waals surface area (Å²) in [5.41, 5.74) is 10.1. The van der Waals surface area contributed by atoms with Crippen molar-refractivity contribution in [1.82, 2.24) is 0 Å². The fourth-order valence-corrected chi connectivity index (χ4v) is 8.73. The Kier molecular flexibility index (Phi) is 7.20. The maximum Gasteiger partial charge on any atom is 0.136 e. The number of fused-ring (bicyclic) bond motifs is 9. The number of rotatable bonds is 6. The summed E-state index contributed by atoms with van der Waals surface area (Å²) in [6.45, 7) is 0. The predicted octanol–water partition coefficient (Wildman–Crippen LogP) is 15.9. The van der Waals surface area contributed by atoms with Crippen LogP contribution in [-0.4, -0.2) is 0 Å². The molecule has 0 N–H and O–H groups in total. The lowest BCUT2D eigenvalue weighted by molar-refractivity contribution is 0.669. The number of para-hydroxylation sites is 4. The topological polar surface area (TPSA) is 32.8 Å². The third-order valence-electron chi connectivity index (χ3n) is 11.5. The summed E-state index contributed by atoms with van der Waals surface area (Å²) in [4.78, 5) is 4.58. The van der Waals surface area contributed by atoms with Crippen LogP contribution in [0.25, 0.3) is 76.2 Å². The van der Waals surface area contributed by atoms with E-state index in [1.165, 1.54) is 10.8 Å². The Morgan fingerprint density at radius 2 is 0.500 bits per heavy atom. The number of hydrogen-bond acceptors (Lipinski definition) is 4. The van der Waals surface area contributed by atoms with Gasteiger partial charge in [0.15, 0.2) is 0 Å². The molecular weight excluding hydrogens is 709 g/mol. The van der Waals surface area contributed by atoms with Gasteiger partial charge in [0, 0.05) is 55.7 Å². The number of benzene rings is 10. The van der Waals surface area contributed by atoms with Crippen LogP contribution in [0.3, 0.4) is 0 Å². The van der Waals surface area contributed by atoms with Crippen molar-refractivity contribution in [1.29, 1.82) is 0 Å². The molecular formula is C54H34N2O2. The summed E-state index contributed by atoms with van der Waals surface area (Å²) in [6, 6.07) is 73.2. The Balaban J connectivity index is 0.951. The summed E-state index contributed by atoms with van der Waals surface area (Å²) in [6.07, 6.45) is 0. The van der Waals surface area contributed by atoms with Crippen molar-refractivity contribution in [2.24, 2.45) is 0 Å². The van der Waals surface area contributed by atoms with Crippen LogP contribution < -0.4 is 9.80 Å². The average molecular weight is 743 g/mol. The number of furan rings is 2. The molecule has 0 aliphatic heterocycles. The molecule has 2 heterocycles. The second-order valence-electron chi connectivity index (χ2n) is 15.0. The van der Waals surface area contributed by atoms with E-state index in [2.05, 4.69) is 216 Å². The monoisotopic (exact) mass is 742 g/mol. The van der Waals surface area contributed by atoms with Crippen LogP contribution >= 0.6 is 0 Å². The van der Waals surface area contributed by atoms with E-state index >= 15 is 0 Å². The zero-order valence-electron chi connectivity index (χ0n) is 31.3. The standard InChI is InChI=1S/C54H34N2O2/c1-5-13-41(14-6-1)55(42-15-7-2-8-16-42)45-23-21-35-27-47-49-29-39-30-50-48-28-36-22-24-46(56(43-17-9-3-10-18-43)44-19-11-4-12-20-44)26-38(36)32-52(48)58-54(50)34-40(39)33-53(49)57-51(47)31-37(35)25-45/h1-34H. The van der Waals surface area contributed by atoms with Gasteiger partial charge in [0.1, 0.15) is 22.3 Å². The zero-order chi connectivity index (χ0) is 38.2. The van der Waals surface area contributed by atoms with E-state index in [9.17, 15) is 0 Å². The first-order valence-corrected chi connectivity index (χ1v) is 19.6. The first kappa shape index (κ1) is 32.4. The van der Waals surface area contributed by atoms with Crippen LogP contribution in [0.15, 0.2) is 215 Å². The van der Waals surface area contributed by atoms with Crippen LogP contribution in [0.4, 0.5) is 34.1 Å². The molecule has 0 aliphatic rings. The Hall–Kier alpha value is -7.82. The molecule has 0 saturated carbocycles. The molecule has 4 nitrogen and oxygen atoms in total. The molecule has 0 saturated heterocycles. The van der Waals surface area contributed by atoms with Gasteiger partial charge in [-0.15, -0.1) is 0 Å². The van der Waals surface area contributed by atoms with Crippen LogP contribution in [-0.2, 0) is 0 Å². The van der Waals surface area contributed by atoms with E-state index in [1.54, 1.807) is 0 Å². The highest BCUT2D eigenvalue weighted by Gasteiger charge is 2.18. The molecule has 0 fully saturated rings. The highest BCUT2D eigenvalue weighted by Crippen LogP contribution is 2.42. The third-order valence-corrected chi connectivity index (χ3v) is 11.5. The van der Waals surface area contributed by atoms with Gasteiger partial charge in [0.2, 0.25) is 0 Å². The summed E-state index contributed by atoms with van der Waals surface area (Å²) >= 11 is 0. The lowest BCUT2D eigenvalue weighted by atomic mass is 10.0. The molecule has 0 radical (unpaired) electrons. The number of nitrogens with zero attached hydrogens (tertiary/aromatic N) is 2. The zero-order valence-corrected chi connectivity index (χ0v) is 31.3. The number of anilines is 6. The minimum atomic E-state index is 0.864. The van der Waals surface area contributed by atoms with Crippen LogP contribution in [0.5, 0.6) is 0 Å². The van der Waals surface area contributed by atoms with Gasteiger partial charge in [0.25, 0.3) is 0 Å². The van der Waals surface area contributed by atoms with E-state index in [1.807, 2.05) is 0 Å². The lowest BCUT2D eigenvalue weighted by Gasteiger charge is -2.25. The maximum atomic E-state index is 6.61. The number of hydrogen-bond donors (Lipinski definition) is 0. The highest BCUT2D eigenvalue weighted by molar-refractivity contribution is 6.18. The molecule has 0 atom stereocenters. The third kappa shape index (κ3) is 5.31. The minimum absolute atomic E-state index is 0.864. The molecule has 12 rings (SSSR count). The fourth-order valence-electron chi connectivity index (χ4n) is 8.73. The smallest absolute Gasteiger partial charge is 0.136 e. The fraction of sp³-hybridized carbons (Fsp3) is 0. The van der Waals surface area contributed by atoms with Gasteiger partial charge in [0.05, 0.1) is 0 Å². The van der Waals surface area contributed by atoms with Crippen molar-refractivity contribution >= 4 is 110 Å². The van der Waals surface area contributed by atoms with Gasteiger partial charge in [-0.25, -0.2) is 0 Å². The molecule has 58 heavy (non-hydrogen) atoms. The highest BCUT2D eigenvalue weighted by atomic mass is 16.3. The lowest BCUT2D eigenvalue weighted by Crippen LogP contribution is -2.09. The molecule has 4 heteroatoms. The Bertz CT molecular complexity index is 3190. The summed E-state index contributed by atoms with van der Waals surface area (Å²) in [5.74, 6) is 0. The molecule has 0 aliphatic carbocycles. The van der Waals surface area contributed by atoms with Gasteiger partial charge in [-0.2, -0.15) is 0 Å². The molecule has 10 aromatic carbocycles. The van der Waals surface area contributed by atoms with E-state index in [0.717, 1.165) is 99.5 Å². The summed E-state index contributed by atoms with van der Waals surface area (Å²) in [5, 5.41) is 11.3. The van der Waals surface area contributed by atoms with Gasteiger partial charge < -0.3 is 18.6 Å². The van der Waals surface area contributed by atoms with Gasteiger partial charge in [-0.3, -0.25) is 0 Å². The Morgan fingerprint density at radius 1 is 0.224 bits per heavy atom. The predicted molar refractivity (Wildman–Crippen MR) is 243 cm³/mol. The van der Waals surface area contributed by atoms with Crippen molar-refractivity contribution < 1.29 is 8.83 Å². The van der Waals surface area contributed by atoms with E-state index in [4.69, 9.17) is 8.83 Å². The van der Waals surface area contributed by atoms with Crippen molar-refractivity contribution in [2.75, 3.05) is 9.80 Å². The molecule has 0 amide bonds. The first-order valence-electron chi connectivity index (χ1n) is 19.6. The molecule has 2 aromatic heterocycles. The maximum absolute atomic E-state index is 6.61. The largest absolute Gasteiger partial charge is 0.456 e. The van der Waals surface area contributed by atoms with Crippen LogP contribution in [0.1, 0.15) is 0 Å². The molecule has 12 aromatic rings. The van der Waals surface area contributed by atoms with Crippen molar-refractivity contribution in [2.45, 2.75) is 0 Å². The van der Waals surface area contributed by atoms with Crippen molar-refractivity contribution in [3.05, 3.63) is 206 Å². The molecule has 0 spiro atoms. The second-order valence-corrected chi connectivity index (χ2v) is 15.0. The molecule has 0 bridgehead atoms. The van der Waals surface area contributed by atoms with E-state index in [0.29, 0.717) is 0 Å². The van der Waals surface area contributed by atoms with Crippen LogP contribution in [0.2, 0.25) is 0 Å². The Labute approximate surface area is 334 Å². The second kappa shape index (κ2) is 12.9. The minimum Gasteiger partial charge on any atom is -0.456 e. The van der Waals surface area contributed by atoms with E-state index in [-0.39, 0.29) is 0 Å². The van der Waals surface area contributed by atoms with E-state index < -0.39 is 0 Å². The summed E-state index contributed by atoms with van der Waals surface area (Å²) < 4.78 is 13.2. The van der Waals surface area contributed by atoms with Crippen molar-refractivity contribution in [3.63, 3.8) is 0 Å². The first-order chi connectivity index (χ1) is 28.7. The summed E-state index contributed by atoms with van der Waals surface area (Å²) in [7, 11) is 0. The van der Waals surface area contributed by atoms with Gasteiger partial charge >= 0.3 is 0 Å². The Morgan fingerprint density at radius 3 is 0.828 bits per heavy atom. The van der Waals surface area contributed by atoms with Gasteiger partial charge in [-0.1, -0.05) is 84.9 Å². The molecule has 272 valence electrons. The SMILES string of the molecule is c1ccc(N(c2ccccc2)c2ccc3cc4c(cc3c2)oc2cc3cc5oc6cc7cc(N(c8ccccc8)c8ccccc8)ccc7cc6c5cc3cc24)cc1. The van der Waals surface area contributed by atoms with Crippen LogP contribution in [0, 0.1) is 0 Å². The van der Waals surface area contributed by atoms with Crippen molar-refractivity contribution in [3.8, 4) is 0 Å². The average Bonchev–Trinajstić information content (AvgIpc) is 3.80. The van der Waals surface area contributed by atoms with Gasteiger partial charge in [-0.05, 0) is 154 Å². The normalized spacial score (nSPS) is 11.8. The quantitative estimate of drug-likeness (QED) is 0.170. The molecule has 0 unspecified atom stereocenters.